The average Bonchev–Trinajstić information content (AvgIpc) is 2.52. The first-order chi connectivity index (χ1) is 10.6. The third-order valence-electron chi connectivity index (χ3n) is 3.03. The van der Waals surface area contributed by atoms with E-state index < -0.39 is 0 Å². The van der Waals surface area contributed by atoms with Crippen molar-refractivity contribution in [2.45, 2.75) is 32.5 Å². The lowest BCUT2D eigenvalue weighted by atomic mass is 10.2. The van der Waals surface area contributed by atoms with Crippen LogP contribution < -0.4 is 15.8 Å². The zero-order valence-corrected chi connectivity index (χ0v) is 12.7. The largest absolute Gasteiger partial charge is 0.487 e. The standard InChI is InChI=1S/C17H21N3O2/c1-13(18)10-17(21)20-11-14-5-7-16(8-6-14)22-12-15-4-2-3-9-19-15/h2-9,13H,10-12,18H2,1H3,(H,20,21). The molecular formula is C17H21N3O2. The molecule has 1 heterocycles. The van der Waals surface area contributed by atoms with Crippen LogP contribution in [0, 0.1) is 0 Å². The Labute approximate surface area is 130 Å². The van der Waals surface area contributed by atoms with Gasteiger partial charge in [-0.25, -0.2) is 0 Å². The summed E-state index contributed by atoms with van der Waals surface area (Å²) in [5.74, 6) is 0.738. The van der Waals surface area contributed by atoms with Crippen LogP contribution in [-0.4, -0.2) is 16.9 Å². The van der Waals surface area contributed by atoms with Crippen molar-refractivity contribution in [2.75, 3.05) is 0 Å². The van der Waals surface area contributed by atoms with Crippen LogP contribution in [0.5, 0.6) is 5.75 Å². The zero-order valence-electron chi connectivity index (χ0n) is 12.7. The molecule has 1 unspecified atom stereocenters. The molecule has 5 nitrogen and oxygen atoms in total. The number of aromatic nitrogens is 1. The van der Waals surface area contributed by atoms with Gasteiger partial charge in [-0.3, -0.25) is 9.78 Å². The van der Waals surface area contributed by atoms with E-state index in [-0.39, 0.29) is 11.9 Å². The minimum Gasteiger partial charge on any atom is -0.487 e. The van der Waals surface area contributed by atoms with Gasteiger partial charge in [-0.05, 0) is 36.8 Å². The number of carbonyl (C=O) groups is 1. The van der Waals surface area contributed by atoms with Gasteiger partial charge in [-0.1, -0.05) is 18.2 Å². The fraction of sp³-hybridized carbons (Fsp3) is 0.294. The third kappa shape index (κ3) is 5.54. The van der Waals surface area contributed by atoms with Gasteiger partial charge in [0, 0.05) is 25.2 Å². The van der Waals surface area contributed by atoms with Gasteiger partial charge in [0.25, 0.3) is 0 Å². The minimum atomic E-state index is -0.123. The maximum absolute atomic E-state index is 11.5. The summed E-state index contributed by atoms with van der Waals surface area (Å²) in [5.41, 5.74) is 7.48. The first kappa shape index (κ1) is 16.0. The lowest BCUT2D eigenvalue weighted by Gasteiger charge is -2.09. The second-order valence-corrected chi connectivity index (χ2v) is 5.21. The Bertz CT molecular complexity index is 583. The lowest BCUT2D eigenvalue weighted by Crippen LogP contribution is -2.29. The molecule has 0 saturated carbocycles. The number of nitrogens with zero attached hydrogens (tertiary/aromatic N) is 1. The lowest BCUT2D eigenvalue weighted by molar-refractivity contribution is -0.121. The Kier molecular flexibility index (Phi) is 5.91. The van der Waals surface area contributed by atoms with Crippen molar-refractivity contribution >= 4 is 5.91 Å². The van der Waals surface area contributed by atoms with Crippen molar-refractivity contribution < 1.29 is 9.53 Å². The van der Waals surface area contributed by atoms with Crippen molar-refractivity contribution in [1.29, 1.82) is 0 Å². The molecule has 1 aromatic carbocycles. The van der Waals surface area contributed by atoms with Crippen LogP contribution in [0.25, 0.3) is 0 Å². The molecule has 0 bridgehead atoms. The molecule has 0 aliphatic heterocycles. The first-order valence-corrected chi connectivity index (χ1v) is 7.27. The molecule has 1 amide bonds. The maximum atomic E-state index is 11.5. The van der Waals surface area contributed by atoms with Gasteiger partial charge >= 0.3 is 0 Å². The van der Waals surface area contributed by atoms with E-state index in [0.717, 1.165) is 17.0 Å². The highest BCUT2D eigenvalue weighted by atomic mass is 16.5. The summed E-state index contributed by atoms with van der Waals surface area (Å²) in [4.78, 5) is 15.7. The Hall–Kier alpha value is -2.40. The molecule has 3 N–H and O–H groups in total. The van der Waals surface area contributed by atoms with Crippen molar-refractivity contribution in [2.24, 2.45) is 5.73 Å². The Morgan fingerprint density at radius 3 is 2.68 bits per heavy atom. The SMILES string of the molecule is CC(N)CC(=O)NCc1ccc(OCc2ccccn2)cc1. The molecule has 0 saturated heterocycles. The fourth-order valence-electron chi connectivity index (χ4n) is 1.91. The van der Waals surface area contributed by atoms with Gasteiger partial charge in [0.05, 0.1) is 5.69 Å². The van der Waals surface area contributed by atoms with Crippen LogP contribution in [0.1, 0.15) is 24.6 Å². The number of nitrogens with two attached hydrogens (primary N) is 1. The zero-order chi connectivity index (χ0) is 15.8. The monoisotopic (exact) mass is 299 g/mol. The topological polar surface area (TPSA) is 77.2 Å². The number of rotatable bonds is 7. The number of hydrogen-bond acceptors (Lipinski definition) is 4. The number of pyridine rings is 1. The summed E-state index contributed by atoms with van der Waals surface area (Å²) in [5, 5.41) is 2.84. The van der Waals surface area contributed by atoms with E-state index in [1.165, 1.54) is 0 Å². The number of carbonyl (C=O) groups excluding carboxylic acids is 1. The van der Waals surface area contributed by atoms with E-state index in [2.05, 4.69) is 10.3 Å². The molecule has 22 heavy (non-hydrogen) atoms. The molecule has 116 valence electrons. The molecule has 0 radical (unpaired) electrons. The molecule has 0 fully saturated rings. The predicted octanol–water partition coefficient (Wildman–Crippen LogP) is 2.01. The van der Waals surface area contributed by atoms with Crippen molar-refractivity contribution in [3.8, 4) is 5.75 Å². The summed E-state index contributed by atoms with van der Waals surface area (Å²) >= 11 is 0. The predicted molar refractivity (Wildman–Crippen MR) is 85.1 cm³/mol. The second kappa shape index (κ2) is 8.14. The van der Waals surface area contributed by atoms with Crippen LogP contribution in [0.2, 0.25) is 0 Å². The fourth-order valence-corrected chi connectivity index (χ4v) is 1.91. The van der Waals surface area contributed by atoms with Gasteiger partial charge < -0.3 is 15.8 Å². The number of amides is 1. The van der Waals surface area contributed by atoms with Crippen LogP contribution in [0.3, 0.4) is 0 Å². The van der Waals surface area contributed by atoms with E-state index in [9.17, 15) is 4.79 Å². The van der Waals surface area contributed by atoms with E-state index in [4.69, 9.17) is 10.5 Å². The van der Waals surface area contributed by atoms with Gasteiger partial charge in [-0.2, -0.15) is 0 Å². The molecule has 0 spiro atoms. The quantitative estimate of drug-likeness (QED) is 0.820. The second-order valence-electron chi connectivity index (χ2n) is 5.21. The smallest absolute Gasteiger partial charge is 0.221 e. The Balaban J connectivity index is 1.79. The molecule has 5 heteroatoms. The van der Waals surface area contributed by atoms with Crippen LogP contribution >= 0.6 is 0 Å². The molecule has 1 atom stereocenters. The van der Waals surface area contributed by atoms with Gasteiger partial charge in [0.2, 0.25) is 5.91 Å². The molecule has 2 rings (SSSR count). The molecule has 1 aromatic heterocycles. The number of hydrogen-bond donors (Lipinski definition) is 2. The van der Waals surface area contributed by atoms with E-state index in [1.54, 1.807) is 6.20 Å². The van der Waals surface area contributed by atoms with Gasteiger partial charge in [0.1, 0.15) is 12.4 Å². The Morgan fingerprint density at radius 1 is 1.27 bits per heavy atom. The van der Waals surface area contributed by atoms with Crippen molar-refractivity contribution in [1.82, 2.24) is 10.3 Å². The highest BCUT2D eigenvalue weighted by Gasteiger charge is 2.04. The van der Waals surface area contributed by atoms with Gasteiger partial charge in [-0.15, -0.1) is 0 Å². The Morgan fingerprint density at radius 2 is 2.05 bits per heavy atom. The summed E-state index contributed by atoms with van der Waals surface area (Å²) in [6, 6.07) is 13.2. The van der Waals surface area contributed by atoms with E-state index in [0.29, 0.717) is 19.6 Å². The van der Waals surface area contributed by atoms with Crippen molar-refractivity contribution in [3.05, 3.63) is 59.9 Å². The summed E-state index contributed by atoms with van der Waals surface area (Å²) < 4.78 is 5.66. The first-order valence-electron chi connectivity index (χ1n) is 7.27. The normalized spacial score (nSPS) is 11.7. The average molecular weight is 299 g/mol. The summed E-state index contributed by atoms with van der Waals surface area (Å²) in [6.07, 6.45) is 2.08. The highest BCUT2D eigenvalue weighted by Crippen LogP contribution is 2.13. The third-order valence-corrected chi connectivity index (χ3v) is 3.03. The van der Waals surface area contributed by atoms with Crippen LogP contribution in [0.15, 0.2) is 48.7 Å². The minimum absolute atomic E-state index is 0.0366. The van der Waals surface area contributed by atoms with Gasteiger partial charge in [0.15, 0.2) is 0 Å². The number of ether oxygens (including phenoxy) is 1. The number of benzene rings is 1. The highest BCUT2D eigenvalue weighted by molar-refractivity contribution is 5.76. The maximum Gasteiger partial charge on any atom is 0.221 e. The number of nitrogens with one attached hydrogen (secondary N) is 1. The van der Waals surface area contributed by atoms with Crippen LogP contribution in [0.4, 0.5) is 0 Å². The van der Waals surface area contributed by atoms with Crippen molar-refractivity contribution in [3.63, 3.8) is 0 Å². The molecule has 0 aliphatic rings. The molecule has 2 aromatic rings. The molecule has 0 aliphatic carbocycles. The van der Waals surface area contributed by atoms with E-state index in [1.807, 2.05) is 49.4 Å². The van der Waals surface area contributed by atoms with Crippen LogP contribution in [-0.2, 0) is 17.9 Å². The summed E-state index contributed by atoms with van der Waals surface area (Å²) in [7, 11) is 0. The summed E-state index contributed by atoms with van der Waals surface area (Å²) in [6.45, 7) is 2.74. The molecular weight excluding hydrogens is 278 g/mol. The van der Waals surface area contributed by atoms with E-state index >= 15 is 0 Å².